The molecule has 0 radical (unpaired) electrons. The standard InChI is InChI=1S/C12H15BrN4S/c1-7(2)11-16-9-5-8(13)6-15-12(9)17(11)4-3-10(14)18/h5-7H,3-4H2,1-2H3,(H2,14,18). The number of nitrogens with zero attached hydrogens (tertiary/aromatic N) is 3. The van der Waals surface area contributed by atoms with Crippen LogP contribution in [0.25, 0.3) is 11.2 Å². The fourth-order valence-electron chi connectivity index (χ4n) is 1.89. The highest BCUT2D eigenvalue weighted by Gasteiger charge is 2.14. The van der Waals surface area contributed by atoms with Gasteiger partial charge in [-0.2, -0.15) is 0 Å². The van der Waals surface area contributed by atoms with Gasteiger partial charge in [-0.25, -0.2) is 9.97 Å². The van der Waals surface area contributed by atoms with Crippen molar-refractivity contribution >= 4 is 44.3 Å². The van der Waals surface area contributed by atoms with Gasteiger partial charge >= 0.3 is 0 Å². The van der Waals surface area contributed by atoms with Crippen LogP contribution in [0.3, 0.4) is 0 Å². The number of nitrogens with two attached hydrogens (primary N) is 1. The third-order valence-corrected chi connectivity index (χ3v) is 3.32. The first-order valence-corrected chi connectivity index (χ1v) is 6.99. The zero-order chi connectivity index (χ0) is 13.3. The molecule has 0 amide bonds. The second kappa shape index (κ2) is 5.32. The van der Waals surface area contributed by atoms with E-state index in [1.165, 1.54) is 0 Å². The van der Waals surface area contributed by atoms with E-state index in [-0.39, 0.29) is 0 Å². The molecule has 0 bridgehead atoms. The topological polar surface area (TPSA) is 56.7 Å². The average Bonchev–Trinajstić information content (AvgIpc) is 2.64. The van der Waals surface area contributed by atoms with Crippen molar-refractivity contribution in [1.29, 1.82) is 0 Å². The van der Waals surface area contributed by atoms with Crippen LogP contribution in [-0.4, -0.2) is 19.5 Å². The fourth-order valence-corrected chi connectivity index (χ4v) is 2.30. The first-order chi connectivity index (χ1) is 8.49. The van der Waals surface area contributed by atoms with Crippen LogP contribution in [-0.2, 0) is 6.54 Å². The molecule has 2 rings (SSSR count). The van der Waals surface area contributed by atoms with Crippen LogP contribution in [0, 0.1) is 0 Å². The largest absolute Gasteiger partial charge is 0.393 e. The molecule has 18 heavy (non-hydrogen) atoms. The minimum atomic E-state index is 0.337. The minimum Gasteiger partial charge on any atom is -0.393 e. The summed E-state index contributed by atoms with van der Waals surface area (Å²) < 4.78 is 3.04. The Balaban J connectivity index is 2.52. The van der Waals surface area contributed by atoms with E-state index < -0.39 is 0 Å². The normalized spacial score (nSPS) is 11.3. The highest BCUT2D eigenvalue weighted by molar-refractivity contribution is 9.10. The van der Waals surface area contributed by atoms with Gasteiger partial charge in [0.15, 0.2) is 5.65 Å². The Morgan fingerprint density at radius 1 is 1.56 bits per heavy atom. The summed E-state index contributed by atoms with van der Waals surface area (Å²) in [5, 5.41) is 0. The summed E-state index contributed by atoms with van der Waals surface area (Å²) in [4.78, 5) is 9.59. The van der Waals surface area contributed by atoms with Gasteiger partial charge < -0.3 is 10.3 Å². The second-order valence-electron chi connectivity index (χ2n) is 4.49. The monoisotopic (exact) mass is 326 g/mol. The van der Waals surface area contributed by atoms with E-state index in [1.807, 2.05) is 6.07 Å². The van der Waals surface area contributed by atoms with Gasteiger partial charge in [-0.3, -0.25) is 0 Å². The molecule has 2 aromatic heterocycles. The molecule has 0 aliphatic rings. The van der Waals surface area contributed by atoms with Crippen molar-refractivity contribution in [2.75, 3.05) is 0 Å². The lowest BCUT2D eigenvalue weighted by molar-refractivity contribution is 0.645. The number of aromatic nitrogens is 3. The van der Waals surface area contributed by atoms with Crippen molar-refractivity contribution in [3.05, 3.63) is 22.6 Å². The lowest BCUT2D eigenvalue weighted by Gasteiger charge is -2.10. The lowest BCUT2D eigenvalue weighted by Crippen LogP contribution is -2.14. The van der Waals surface area contributed by atoms with E-state index in [0.29, 0.717) is 17.3 Å². The van der Waals surface area contributed by atoms with Gasteiger partial charge in [-0.1, -0.05) is 26.1 Å². The van der Waals surface area contributed by atoms with Crippen LogP contribution < -0.4 is 5.73 Å². The highest BCUT2D eigenvalue weighted by atomic mass is 79.9. The second-order valence-corrected chi connectivity index (χ2v) is 5.93. The smallest absolute Gasteiger partial charge is 0.160 e. The molecule has 0 fully saturated rings. The van der Waals surface area contributed by atoms with E-state index in [2.05, 4.69) is 44.3 Å². The Hall–Kier alpha value is -1.01. The third-order valence-electron chi connectivity index (χ3n) is 2.68. The average molecular weight is 327 g/mol. The van der Waals surface area contributed by atoms with Gasteiger partial charge in [0.25, 0.3) is 0 Å². The van der Waals surface area contributed by atoms with Crippen LogP contribution in [0.4, 0.5) is 0 Å². The van der Waals surface area contributed by atoms with E-state index in [4.69, 9.17) is 18.0 Å². The van der Waals surface area contributed by atoms with Gasteiger partial charge in [0.05, 0.1) is 4.99 Å². The number of aryl methyl sites for hydroxylation is 1. The summed E-state index contributed by atoms with van der Waals surface area (Å²) in [5.74, 6) is 1.36. The SMILES string of the molecule is CC(C)c1nc2cc(Br)cnc2n1CCC(N)=S. The molecule has 0 aliphatic heterocycles. The van der Waals surface area contributed by atoms with Gasteiger partial charge in [0, 0.05) is 29.6 Å². The quantitative estimate of drug-likeness (QED) is 0.877. The Morgan fingerprint density at radius 3 is 2.89 bits per heavy atom. The van der Waals surface area contributed by atoms with Crippen LogP contribution >= 0.6 is 28.1 Å². The van der Waals surface area contributed by atoms with Crippen LogP contribution in [0.5, 0.6) is 0 Å². The molecule has 0 aromatic carbocycles. The molecule has 2 aromatic rings. The third kappa shape index (κ3) is 2.70. The molecule has 0 atom stereocenters. The molecule has 0 unspecified atom stereocenters. The molecule has 0 spiro atoms. The maximum absolute atomic E-state index is 5.57. The van der Waals surface area contributed by atoms with E-state index in [0.717, 1.165) is 28.0 Å². The van der Waals surface area contributed by atoms with E-state index >= 15 is 0 Å². The fraction of sp³-hybridized carbons (Fsp3) is 0.417. The molecule has 96 valence electrons. The summed E-state index contributed by atoms with van der Waals surface area (Å²) in [6.45, 7) is 4.97. The summed E-state index contributed by atoms with van der Waals surface area (Å²) in [6, 6.07) is 1.98. The number of fused-ring (bicyclic) bond motifs is 1. The molecule has 0 aliphatic carbocycles. The number of imidazole rings is 1. The summed E-state index contributed by atoms with van der Waals surface area (Å²) >= 11 is 8.35. The van der Waals surface area contributed by atoms with E-state index in [9.17, 15) is 0 Å². The zero-order valence-corrected chi connectivity index (χ0v) is 12.8. The van der Waals surface area contributed by atoms with Crippen molar-refractivity contribution in [1.82, 2.24) is 14.5 Å². The summed E-state index contributed by atoms with van der Waals surface area (Å²) in [7, 11) is 0. The number of halogens is 1. The molecular weight excluding hydrogens is 312 g/mol. The first kappa shape index (κ1) is 13.4. The van der Waals surface area contributed by atoms with Gasteiger partial charge in [-0.15, -0.1) is 0 Å². The maximum atomic E-state index is 5.57. The van der Waals surface area contributed by atoms with Crippen LogP contribution in [0.1, 0.15) is 32.0 Å². The molecule has 2 N–H and O–H groups in total. The lowest BCUT2D eigenvalue weighted by atomic mass is 10.2. The summed E-state index contributed by atoms with van der Waals surface area (Å²) in [5.41, 5.74) is 7.36. The Kier molecular flexibility index (Phi) is 3.97. The Bertz CT molecular complexity index is 591. The van der Waals surface area contributed by atoms with Crippen molar-refractivity contribution in [3.8, 4) is 0 Å². The van der Waals surface area contributed by atoms with Crippen molar-refractivity contribution in [3.63, 3.8) is 0 Å². The van der Waals surface area contributed by atoms with Gasteiger partial charge in [0.2, 0.25) is 0 Å². The number of rotatable bonds is 4. The zero-order valence-electron chi connectivity index (χ0n) is 10.4. The molecule has 2 heterocycles. The first-order valence-electron chi connectivity index (χ1n) is 5.79. The number of hydrogen-bond donors (Lipinski definition) is 1. The van der Waals surface area contributed by atoms with Gasteiger partial charge in [-0.05, 0) is 22.0 Å². The number of pyridine rings is 1. The Morgan fingerprint density at radius 2 is 2.28 bits per heavy atom. The van der Waals surface area contributed by atoms with Crippen molar-refractivity contribution < 1.29 is 0 Å². The summed E-state index contributed by atoms with van der Waals surface area (Å²) in [6.07, 6.45) is 2.45. The molecule has 6 heteroatoms. The molecule has 0 saturated heterocycles. The number of thiocarbonyl (C=S) groups is 1. The predicted molar refractivity (Wildman–Crippen MR) is 80.7 cm³/mol. The number of hydrogen-bond acceptors (Lipinski definition) is 3. The Labute approximate surface area is 120 Å². The minimum absolute atomic E-state index is 0.337. The van der Waals surface area contributed by atoms with Crippen LogP contribution in [0.2, 0.25) is 0 Å². The molecule has 4 nitrogen and oxygen atoms in total. The predicted octanol–water partition coefficient (Wildman–Crippen LogP) is 2.99. The van der Waals surface area contributed by atoms with Crippen LogP contribution in [0.15, 0.2) is 16.7 Å². The molecular formula is C12H15BrN4S. The highest BCUT2D eigenvalue weighted by Crippen LogP contribution is 2.23. The van der Waals surface area contributed by atoms with Crippen molar-refractivity contribution in [2.45, 2.75) is 32.7 Å². The van der Waals surface area contributed by atoms with Crippen molar-refractivity contribution in [2.24, 2.45) is 5.73 Å². The van der Waals surface area contributed by atoms with Gasteiger partial charge in [0.1, 0.15) is 11.3 Å². The maximum Gasteiger partial charge on any atom is 0.160 e. The van der Waals surface area contributed by atoms with E-state index in [1.54, 1.807) is 6.20 Å². The molecule has 0 saturated carbocycles.